The molecule has 2 unspecified atom stereocenters. The third-order valence-electron chi connectivity index (χ3n) is 3.25. The molecule has 1 saturated heterocycles. The first kappa shape index (κ1) is 11.1. The van der Waals surface area contributed by atoms with Gasteiger partial charge in [-0.2, -0.15) is 0 Å². The van der Waals surface area contributed by atoms with Gasteiger partial charge in [-0.1, -0.05) is 6.92 Å². The minimum absolute atomic E-state index is 0.0717. The first-order valence-corrected chi connectivity index (χ1v) is 5.59. The normalized spacial score (nSPS) is 29.9. The number of ketones is 1. The molecule has 0 aromatic carbocycles. The Morgan fingerprint density at radius 1 is 1.50 bits per heavy atom. The molecule has 1 aromatic heterocycles. The molecule has 3 heteroatoms. The standard InChI is InChI=1S/C13H17NO2/c1-9-8-14(3)10(2)12(13(9)15)7-11-5-4-6-16-11/h4-7,9-10H,8H2,1-3H3. The number of carbonyl (C=O) groups is 1. The van der Waals surface area contributed by atoms with Crippen LogP contribution in [0.4, 0.5) is 0 Å². The third-order valence-corrected chi connectivity index (χ3v) is 3.25. The maximum absolute atomic E-state index is 12.1. The molecule has 2 heterocycles. The molecule has 0 aliphatic carbocycles. The van der Waals surface area contributed by atoms with E-state index < -0.39 is 0 Å². The van der Waals surface area contributed by atoms with Gasteiger partial charge in [0, 0.05) is 24.1 Å². The van der Waals surface area contributed by atoms with Crippen LogP contribution in [0.3, 0.4) is 0 Å². The summed E-state index contributed by atoms with van der Waals surface area (Å²) in [5.74, 6) is 1.06. The smallest absolute Gasteiger partial charge is 0.164 e. The van der Waals surface area contributed by atoms with E-state index in [2.05, 4.69) is 11.8 Å². The van der Waals surface area contributed by atoms with Gasteiger partial charge in [0.05, 0.1) is 6.26 Å². The average molecular weight is 219 g/mol. The fourth-order valence-corrected chi connectivity index (χ4v) is 2.12. The lowest BCUT2D eigenvalue weighted by Crippen LogP contribution is -2.44. The SMILES string of the molecule is CC1CN(C)C(C)C(=Cc2ccco2)C1=O. The van der Waals surface area contributed by atoms with Crippen LogP contribution < -0.4 is 0 Å². The first-order valence-electron chi connectivity index (χ1n) is 5.59. The number of nitrogens with zero attached hydrogens (tertiary/aromatic N) is 1. The Bertz CT molecular complexity index is 406. The molecule has 0 N–H and O–H groups in total. The van der Waals surface area contributed by atoms with Crippen LogP contribution in [0.25, 0.3) is 6.08 Å². The number of rotatable bonds is 1. The van der Waals surface area contributed by atoms with Crippen LogP contribution in [-0.4, -0.2) is 30.3 Å². The van der Waals surface area contributed by atoms with E-state index >= 15 is 0 Å². The summed E-state index contributed by atoms with van der Waals surface area (Å²) in [6.45, 7) is 4.86. The van der Waals surface area contributed by atoms with Gasteiger partial charge in [0.2, 0.25) is 0 Å². The van der Waals surface area contributed by atoms with E-state index in [0.29, 0.717) is 0 Å². The van der Waals surface area contributed by atoms with E-state index in [4.69, 9.17) is 4.42 Å². The minimum Gasteiger partial charge on any atom is -0.465 e. The molecule has 0 saturated carbocycles. The monoisotopic (exact) mass is 219 g/mol. The van der Waals surface area contributed by atoms with Crippen molar-refractivity contribution in [2.24, 2.45) is 5.92 Å². The van der Waals surface area contributed by atoms with E-state index in [1.807, 2.05) is 32.2 Å². The molecule has 3 nitrogen and oxygen atoms in total. The maximum atomic E-state index is 12.1. The van der Waals surface area contributed by atoms with Crippen molar-refractivity contribution < 1.29 is 9.21 Å². The number of likely N-dealkylation sites (N-methyl/N-ethyl adjacent to an activating group) is 1. The van der Waals surface area contributed by atoms with Gasteiger partial charge in [-0.3, -0.25) is 9.69 Å². The number of hydrogen-bond acceptors (Lipinski definition) is 3. The van der Waals surface area contributed by atoms with E-state index in [9.17, 15) is 4.79 Å². The second-order valence-corrected chi connectivity index (χ2v) is 4.50. The average Bonchev–Trinajstić information content (AvgIpc) is 2.74. The Labute approximate surface area is 95.7 Å². The molecule has 0 radical (unpaired) electrons. The quantitative estimate of drug-likeness (QED) is 0.679. The molecule has 1 fully saturated rings. The van der Waals surface area contributed by atoms with Crippen LogP contribution in [0.15, 0.2) is 28.4 Å². The number of Topliss-reactive ketones (excluding diaryl/α,β-unsaturated/α-hetero) is 1. The molecule has 0 bridgehead atoms. The summed E-state index contributed by atoms with van der Waals surface area (Å²) < 4.78 is 5.26. The maximum Gasteiger partial charge on any atom is 0.164 e. The van der Waals surface area contributed by atoms with Gasteiger partial charge in [0.15, 0.2) is 5.78 Å². The zero-order valence-electron chi connectivity index (χ0n) is 9.93. The summed E-state index contributed by atoms with van der Waals surface area (Å²) in [5.41, 5.74) is 0.844. The third kappa shape index (κ3) is 1.95. The Hall–Kier alpha value is -1.35. The summed E-state index contributed by atoms with van der Waals surface area (Å²) in [6, 6.07) is 3.86. The van der Waals surface area contributed by atoms with Gasteiger partial charge in [0.1, 0.15) is 5.76 Å². The second-order valence-electron chi connectivity index (χ2n) is 4.50. The number of piperidine rings is 1. The molecular weight excluding hydrogens is 202 g/mol. The zero-order valence-corrected chi connectivity index (χ0v) is 9.93. The summed E-state index contributed by atoms with van der Waals surface area (Å²) in [7, 11) is 2.05. The van der Waals surface area contributed by atoms with Crippen molar-refractivity contribution in [1.82, 2.24) is 4.90 Å². The van der Waals surface area contributed by atoms with Gasteiger partial charge in [0.25, 0.3) is 0 Å². The van der Waals surface area contributed by atoms with Crippen molar-refractivity contribution in [3.63, 3.8) is 0 Å². The molecule has 2 atom stereocenters. The van der Waals surface area contributed by atoms with E-state index in [0.717, 1.165) is 17.9 Å². The Kier molecular flexibility index (Phi) is 2.97. The van der Waals surface area contributed by atoms with Crippen molar-refractivity contribution in [2.75, 3.05) is 13.6 Å². The predicted molar refractivity (Wildman–Crippen MR) is 62.9 cm³/mol. The highest BCUT2D eigenvalue weighted by Crippen LogP contribution is 2.24. The van der Waals surface area contributed by atoms with E-state index in [-0.39, 0.29) is 17.7 Å². The number of likely N-dealkylation sites (tertiary alicyclic amines) is 1. The zero-order chi connectivity index (χ0) is 11.7. The molecule has 0 spiro atoms. The second kappa shape index (κ2) is 4.26. The largest absolute Gasteiger partial charge is 0.465 e. The van der Waals surface area contributed by atoms with Gasteiger partial charge < -0.3 is 4.42 Å². The highest BCUT2D eigenvalue weighted by Gasteiger charge is 2.31. The Balaban J connectivity index is 2.33. The predicted octanol–water partition coefficient (Wildman–Crippen LogP) is 2.20. The molecular formula is C13H17NO2. The van der Waals surface area contributed by atoms with Crippen LogP contribution >= 0.6 is 0 Å². The number of furan rings is 1. The van der Waals surface area contributed by atoms with Crippen molar-refractivity contribution in [2.45, 2.75) is 19.9 Å². The Morgan fingerprint density at radius 3 is 2.88 bits per heavy atom. The van der Waals surface area contributed by atoms with E-state index in [1.54, 1.807) is 6.26 Å². The van der Waals surface area contributed by atoms with Crippen LogP contribution in [0.5, 0.6) is 0 Å². The summed E-state index contributed by atoms with van der Waals surface area (Å²) in [4.78, 5) is 14.3. The van der Waals surface area contributed by atoms with Crippen molar-refractivity contribution >= 4 is 11.9 Å². The number of carbonyl (C=O) groups excluding carboxylic acids is 1. The fraction of sp³-hybridized carbons (Fsp3) is 0.462. The van der Waals surface area contributed by atoms with Crippen molar-refractivity contribution in [3.8, 4) is 0 Å². The number of hydrogen-bond donors (Lipinski definition) is 0. The topological polar surface area (TPSA) is 33.5 Å². The Morgan fingerprint density at radius 2 is 2.25 bits per heavy atom. The summed E-state index contributed by atoms with van der Waals surface area (Å²) in [5, 5.41) is 0. The molecule has 1 aliphatic rings. The van der Waals surface area contributed by atoms with Crippen LogP contribution in [0.2, 0.25) is 0 Å². The van der Waals surface area contributed by atoms with Crippen molar-refractivity contribution in [1.29, 1.82) is 0 Å². The molecule has 2 rings (SSSR count). The lowest BCUT2D eigenvalue weighted by atomic mass is 9.88. The molecule has 1 aliphatic heterocycles. The van der Waals surface area contributed by atoms with Crippen LogP contribution in [-0.2, 0) is 4.79 Å². The molecule has 1 aromatic rings. The lowest BCUT2D eigenvalue weighted by molar-refractivity contribution is -0.121. The minimum atomic E-state index is 0.0717. The molecule has 16 heavy (non-hydrogen) atoms. The fourth-order valence-electron chi connectivity index (χ4n) is 2.12. The summed E-state index contributed by atoms with van der Waals surface area (Å²) in [6.07, 6.45) is 3.48. The molecule has 86 valence electrons. The first-order chi connectivity index (χ1) is 7.59. The van der Waals surface area contributed by atoms with Gasteiger partial charge in [-0.15, -0.1) is 0 Å². The molecule has 0 amide bonds. The van der Waals surface area contributed by atoms with Crippen LogP contribution in [0.1, 0.15) is 19.6 Å². The highest BCUT2D eigenvalue weighted by molar-refractivity contribution is 6.02. The van der Waals surface area contributed by atoms with E-state index in [1.165, 1.54) is 0 Å². The highest BCUT2D eigenvalue weighted by atomic mass is 16.3. The van der Waals surface area contributed by atoms with Gasteiger partial charge in [-0.25, -0.2) is 0 Å². The van der Waals surface area contributed by atoms with Gasteiger partial charge in [-0.05, 0) is 32.2 Å². The van der Waals surface area contributed by atoms with Crippen molar-refractivity contribution in [3.05, 3.63) is 29.7 Å². The lowest BCUT2D eigenvalue weighted by Gasteiger charge is -2.34. The van der Waals surface area contributed by atoms with Gasteiger partial charge >= 0.3 is 0 Å². The summed E-state index contributed by atoms with van der Waals surface area (Å²) >= 11 is 0. The van der Waals surface area contributed by atoms with Crippen LogP contribution in [0, 0.1) is 5.92 Å².